The molecule has 16 heavy (non-hydrogen) atoms. The van der Waals surface area contributed by atoms with Crippen LogP contribution in [0.5, 0.6) is 0 Å². The number of hydrogen-bond donors (Lipinski definition) is 1. The van der Waals surface area contributed by atoms with Crippen molar-refractivity contribution in [3.8, 4) is 0 Å². The van der Waals surface area contributed by atoms with E-state index in [1.54, 1.807) is 0 Å². The second kappa shape index (κ2) is 5.46. The minimum Gasteiger partial charge on any atom is -0.373 e. The zero-order valence-electron chi connectivity index (χ0n) is 10.2. The van der Waals surface area contributed by atoms with Crippen molar-refractivity contribution in [3.63, 3.8) is 0 Å². The molecule has 1 saturated heterocycles. The average molecular weight is 219 g/mol. The number of nitrogens with one attached hydrogen (secondary N) is 1. The molecule has 1 aliphatic heterocycles. The smallest absolute Gasteiger partial charge is 0.0866 e. The molecule has 1 aromatic rings. The minimum absolute atomic E-state index is 0.291. The largest absolute Gasteiger partial charge is 0.373 e. The normalized spacial score (nSPS) is 24.9. The van der Waals surface area contributed by atoms with E-state index in [0.29, 0.717) is 12.0 Å². The first-order chi connectivity index (χ1) is 7.81. The number of rotatable bonds is 4. The quantitative estimate of drug-likeness (QED) is 0.840. The molecule has 0 bridgehead atoms. The van der Waals surface area contributed by atoms with E-state index in [1.807, 2.05) is 0 Å². The molecule has 0 spiro atoms. The number of aryl methyl sites for hydroxylation is 1. The molecule has 2 unspecified atom stereocenters. The zero-order valence-corrected chi connectivity index (χ0v) is 10.2. The molecule has 0 amide bonds. The summed E-state index contributed by atoms with van der Waals surface area (Å²) in [5.74, 6) is 0.627. The van der Waals surface area contributed by atoms with Crippen molar-refractivity contribution in [2.45, 2.75) is 26.4 Å². The third kappa shape index (κ3) is 2.63. The fraction of sp³-hybridized carbons (Fsp3) is 0.571. The first kappa shape index (κ1) is 11.6. The lowest BCUT2D eigenvalue weighted by Gasteiger charge is -2.19. The minimum atomic E-state index is 0.291. The molecule has 2 nitrogen and oxygen atoms in total. The fourth-order valence-electron chi connectivity index (χ4n) is 2.39. The molecule has 1 aliphatic rings. The molecule has 1 heterocycles. The van der Waals surface area contributed by atoms with E-state index >= 15 is 0 Å². The van der Waals surface area contributed by atoms with Gasteiger partial charge in [-0.2, -0.15) is 0 Å². The molecule has 0 aliphatic carbocycles. The number of ether oxygens (including phenoxy) is 1. The van der Waals surface area contributed by atoms with Crippen molar-refractivity contribution >= 4 is 0 Å². The van der Waals surface area contributed by atoms with Crippen LogP contribution < -0.4 is 5.32 Å². The lowest BCUT2D eigenvalue weighted by atomic mass is 9.94. The predicted molar refractivity (Wildman–Crippen MR) is 66.5 cm³/mol. The first-order valence-corrected chi connectivity index (χ1v) is 6.20. The van der Waals surface area contributed by atoms with Crippen LogP contribution in [-0.4, -0.2) is 19.7 Å². The molecule has 1 fully saturated rings. The van der Waals surface area contributed by atoms with Crippen LogP contribution >= 0.6 is 0 Å². The van der Waals surface area contributed by atoms with Gasteiger partial charge in [-0.3, -0.25) is 0 Å². The molecule has 1 aromatic carbocycles. The molecule has 1 N–H and O–H groups in total. The van der Waals surface area contributed by atoms with Crippen LogP contribution in [0.15, 0.2) is 24.3 Å². The lowest BCUT2D eigenvalue weighted by molar-refractivity contribution is 0.0906. The van der Waals surface area contributed by atoms with Gasteiger partial charge < -0.3 is 10.1 Å². The Bertz CT molecular complexity index is 337. The maximum atomic E-state index is 5.86. The Hall–Kier alpha value is -0.860. The Morgan fingerprint density at radius 3 is 3.06 bits per heavy atom. The van der Waals surface area contributed by atoms with Gasteiger partial charge in [-0.1, -0.05) is 36.8 Å². The number of benzene rings is 1. The van der Waals surface area contributed by atoms with Gasteiger partial charge in [0.2, 0.25) is 0 Å². The van der Waals surface area contributed by atoms with E-state index in [9.17, 15) is 0 Å². The second-order valence-electron chi connectivity index (χ2n) is 4.56. The molecule has 2 heteroatoms. The molecule has 0 aromatic heterocycles. The van der Waals surface area contributed by atoms with Crippen LogP contribution in [0.4, 0.5) is 0 Å². The van der Waals surface area contributed by atoms with Crippen molar-refractivity contribution < 1.29 is 4.74 Å². The van der Waals surface area contributed by atoms with Crippen LogP contribution in [0.2, 0.25) is 0 Å². The van der Waals surface area contributed by atoms with Crippen molar-refractivity contribution in [1.29, 1.82) is 0 Å². The highest BCUT2D eigenvalue weighted by molar-refractivity contribution is 5.25. The highest BCUT2D eigenvalue weighted by atomic mass is 16.5. The predicted octanol–water partition coefficient (Wildman–Crippen LogP) is 2.68. The summed E-state index contributed by atoms with van der Waals surface area (Å²) >= 11 is 0. The van der Waals surface area contributed by atoms with Gasteiger partial charge >= 0.3 is 0 Å². The summed E-state index contributed by atoms with van der Waals surface area (Å²) in [6.45, 7) is 7.29. The van der Waals surface area contributed by atoms with E-state index in [4.69, 9.17) is 4.74 Å². The first-order valence-electron chi connectivity index (χ1n) is 6.20. The highest BCUT2D eigenvalue weighted by Gasteiger charge is 2.28. The van der Waals surface area contributed by atoms with Gasteiger partial charge in [0, 0.05) is 19.1 Å². The second-order valence-corrected chi connectivity index (χ2v) is 4.56. The van der Waals surface area contributed by atoms with E-state index in [-0.39, 0.29) is 0 Å². The maximum Gasteiger partial charge on any atom is 0.0866 e. The van der Waals surface area contributed by atoms with Gasteiger partial charge in [-0.05, 0) is 25.5 Å². The van der Waals surface area contributed by atoms with E-state index in [1.165, 1.54) is 17.5 Å². The van der Waals surface area contributed by atoms with Gasteiger partial charge in [0.15, 0.2) is 0 Å². The fourth-order valence-corrected chi connectivity index (χ4v) is 2.39. The van der Waals surface area contributed by atoms with Crippen molar-refractivity contribution in [2.24, 2.45) is 5.92 Å². The maximum absolute atomic E-state index is 5.86. The summed E-state index contributed by atoms with van der Waals surface area (Å²) in [6, 6.07) is 8.69. The topological polar surface area (TPSA) is 21.3 Å². The summed E-state index contributed by atoms with van der Waals surface area (Å²) in [5, 5.41) is 3.42. The molecule has 0 radical (unpaired) electrons. The molecular weight excluding hydrogens is 198 g/mol. The molecule has 0 saturated carbocycles. The third-order valence-electron chi connectivity index (χ3n) is 3.24. The van der Waals surface area contributed by atoms with Crippen LogP contribution in [0, 0.1) is 12.8 Å². The lowest BCUT2D eigenvalue weighted by Crippen LogP contribution is -2.24. The standard InChI is InChI=1S/C14H21NO/c1-3-15-10-13-7-8-16-14(13)12-6-4-5-11(2)9-12/h4-6,9,13-15H,3,7-8,10H2,1-2H3. The Kier molecular flexibility index (Phi) is 3.97. The Labute approximate surface area is 98.0 Å². The zero-order chi connectivity index (χ0) is 11.4. The van der Waals surface area contributed by atoms with Crippen LogP contribution in [0.1, 0.15) is 30.6 Å². The summed E-state index contributed by atoms with van der Waals surface area (Å²) < 4.78 is 5.86. The van der Waals surface area contributed by atoms with Gasteiger partial charge in [0.25, 0.3) is 0 Å². The van der Waals surface area contributed by atoms with E-state index < -0.39 is 0 Å². The number of hydrogen-bond acceptors (Lipinski definition) is 2. The molecule has 2 atom stereocenters. The van der Waals surface area contributed by atoms with Crippen molar-refractivity contribution in [3.05, 3.63) is 35.4 Å². The molecule has 2 rings (SSSR count). The van der Waals surface area contributed by atoms with E-state index in [2.05, 4.69) is 43.4 Å². The summed E-state index contributed by atoms with van der Waals surface area (Å²) in [5.41, 5.74) is 2.65. The third-order valence-corrected chi connectivity index (χ3v) is 3.24. The monoisotopic (exact) mass is 219 g/mol. The molecule has 88 valence electrons. The van der Waals surface area contributed by atoms with Crippen LogP contribution in [0.3, 0.4) is 0 Å². The summed E-state index contributed by atoms with van der Waals surface area (Å²) in [4.78, 5) is 0. The summed E-state index contributed by atoms with van der Waals surface area (Å²) in [6.07, 6.45) is 1.46. The van der Waals surface area contributed by atoms with Crippen molar-refractivity contribution in [2.75, 3.05) is 19.7 Å². The van der Waals surface area contributed by atoms with Gasteiger partial charge in [0.05, 0.1) is 6.10 Å². The Morgan fingerprint density at radius 1 is 1.44 bits per heavy atom. The van der Waals surface area contributed by atoms with Gasteiger partial charge in [-0.25, -0.2) is 0 Å². The average Bonchev–Trinajstić information content (AvgIpc) is 2.74. The van der Waals surface area contributed by atoms with Crippen LogP contribution in [-0.2, 0) is 4.74 Å². The van der Waals surface area contributed by atoms with Crippen molar-refractivity contribution in [1.82, 2.24) is 5.32 Å². The van der Waals surface area contributed by atoms with Gasteiger partial charge in [0.1, 0.15) is 0 Å². The highest BCUT2D eigenvalue weighted by Crippen LogP contribution is 2.34. The molecular formula is C14H21NO. The van der Waals surface area contributed by atoms with E-state index in [0.717, 1.165) is 19.7 Å². The Balaban J connectivity index is 2.07. The SMILES string of the molecule is CCNCC1CCOC1c1cccc(C)c1. The summed E-state index contributed by atoms with van der Waals surface area (Å²) in [7, 11) is 0. The Morgan fingerprint density at radius 2 is 2.31 bits per heavy atom. The van der Waals surface area contributed by atoms with Gasteiger partial charge in [-0.15, -0.1) is 0 Å². The van der Waals surface area contributed by atoms with Crippen LogP contribution in [0.25, 0.3) is 0 Å².